The second-order valence-corrected chi connectivity index (χ2v) is 7.88. The minimum Gasteiger partial charge on any atom is -0.372 e. The molecule has 25 heavy (non-hydrogen) atoms. The predicted molar refractivity (Wildman–Crippen MR) is 97.5 cm³/mol. The maximum absolute atomic E-state index is 12.6. The lowest BCUT2D eigenvalue weighted by Crippen LogP contribution is -2.51. The minimum absolute atomic E-state index is 0.138. The summed E-state index contributed by atoms with van der Waals surface area (Å²) >= 11 is 0. The predicted octanol–water partition coefficient (Wildman–Crippen LogP) is 1.85. The van der Waals surface area contributed by atoms with Crippen LogP contribution in [0.5, 0.6) is 0 Å². The Kier molecular flexibility index (Phi) is 5.79. The number of ether oxygens (including phenoxy) is 1. The maximum atomic E-state index is 12.6. The van der Waals surface area contributed by atoms with E-state index in [2.05, 4.69) is 27.7 Å². The van der Waals surface area contributed by atoms with Crippen LogP contribution in [-0.4, -0.2) is 70.4 Å². The quantitative estimate of drug-likeness (QED) is 0.833. The van der Waals surface area contributed by atoms with Crippen LogP contribution in [0.4, 0.5) is 0 Å². The molecule has 140 valence electrons. The summed E-state index contributed by atoms with van der Waals surface area (Å²) in [5, 5.41) is 4.58. The fourth-order valence-corrected chi connectivity index (χ4v) is 4.10. The molecule has 0 spiro atoms. The Morgan fingerprint density at radius 2 is 1.84 bits per heavy atom. The van der Waals surface area contributed by atoms with E-state index in [4.69, 9.17) is 4.74 Å². The van der Waals surface area contributed by atoms with Gasteiger partial charge in [0.2, 0.25) is 5.91 Å². The topological polar surface area (TPSA) is 50.6 Å². The van der Waals surface area contributed by atoms with Crippen molar-refractivity contribution < 1.29 is 9.53 Å². The van der Waals surface area contributed by atoms with E-state index in [9.17, 15) is 4.79 Å². The summed E-state index contributed by atoms with van der Waals surface area (Å²) in [6.07, 6.45) is 2.56. The average Bonchev–Trinajstić information content (AvgIpc) is 2.86. The molecule has 0 saturated carbocycles. The molecule has 0 aliphatic carbocycles. The van der Waals surface area contributed by atoms with Gasteiger partial charge in [-0.1, -0.05) is 0 Å². The van der Waals surface area contributed by atoms with E-state index in [0.717, 1.165) is 51.3 Å². The number of aryl methyl sites for hydroxylation is 2. The number of hydrogen-bond donors (Lipinski definition) is 0. The van der Waals surface area contributed by atoms with Gasteiger partial charge in [-0.15, -0.1) is 0 Å². The summed E-state index contributed by atoms with van der Waals surface area (Å²) in [5.74, 6) is 0.909. The second-order valence-electron chi connectivity index (χ2n) is 7.88. The van der Waals surface area contributed by atoms with E-state index < -0.39 is 0 Å². The van der Waals surface area contributed by atoms with Crippen molar-refractivity contribution >= 4 is 5.91 Å². The number of nitrogens with zero attached hydrogens (tertiary/aromatic N) is 4. The van der Waals surface area contributed by atoms with Crippen LogP contribution in [0.1, 0.15) is 38.1 Å². The largest absolute Gasteiger partial charge is 0.372 e. The second kappa shape index (κ2) is 7.87. The molecule has 0 bridgehead atoms. The number of hydrogen-bond acceptors (Lipinski definition) is 4. The van der Waals surface area contributed by atoms with Crippen LogP contribution in [0.2, 0.25) is 0 Å². The van der Waals surface area contributed by atoms with E-state index in [1.807, 2.05) is 25.7 Å². The smallest absolute Gasteiger partial charge is 0.236 e. The summed E-state index contributed by atoms with van der Waals surface area (Å²) in [6.45, 7) is 13.3. The highest BCUT2D eigenvalue weighted by Gasteiger charge is 2.28. The third-order valence-corrected chi connectivity index (χ3v) is 5.37. The zero-order valence-electron chi connectivity index (χ0n) is 16.1. The third kappa shape index (κ3) is 4.82. The molecule has 3 rings (SSSR count). The monoisotopic (exact) mass is 348 g/mol. The van der Waals surface area contributed by atoms with Gasteiger partial charge in [0.25, 0.3) is 0 Å². The Balaban J connectivity index is 1.44. The molecule has 2 saturated heterocycles. The molecule has 2 fully saturated rings. The molecule has 6 heteroatoms. The van der Waals surface area contributed by atoms with Crippen molar-refractivity contribution in [2.45, 2.75) is 59.3 Å². The van der Waals surface area contributed by atoms with Gasteiger partial charge in [0.15, 0.2) is 0 Å². The first kappa shape index (κ1) is 18.4. The van der Waals surface area contributed by atoms with Gasteiger partial charge in [0.1, 0.15) is 0 Å². The molecule has 2 unspecified atom stereocenters. The minimum atomic E-state index is 0.138. The summed E-state index contributed by atoms with van der Waals surface area (Å²) < 4.78 is 7.86. The van der Waals surface area contributed by atoms with Gasteiger partial charge in [0, 0.05) is 25.3 Å². The van der Waals surface area contributed by atoms with E-state index in [-0.39, 0.29) is 18.1 Å². The molecular formula is C19H32N4O2. The van der Waals surface area contributed by atoms with Crippen molar-refractivity contribution in [3.8, 4) is 0 Å². The summed E-state index contributed by atoms with van der Waals surface area (Å²) in [7, 11) is 0. The van der Waals surface area contributed by atoms with Gasteiger partial charge in [0.05, 0.1) is 24.4 Å². The molecule has 0 N–H and O–H groups in total. The van der Waals surface area contributed by atoms with Gasteiger partial charge < -0.3 is 9.64 Å². The number of aromatic nitrogens is 2. The SMILES string of the molecule is Cc1cc(C)n(CC2CCN(CC(=O)N3CC(C)OC(C)C3)CC2)n1. The van der Waals surface area contributed by atoms with Crippen molar-refractivity contribution in [3.63, 3.8) is 0 Å². The molecule has 0 aromatic carbocycles. The van der Waals surface area contributed by atoms with Crippen molar-refractivity contribution in [2.75, 3.05) is 32.7 Å². The Morgan fingerprint density at radius 3 is 2.40 bits per heavy atom. The Morgan fingerprint density at radius 1 is 1.20 bits per heavy atom. The zero-order valence-corrected chi connectivity index (χ0v) is 16.1. The number of carbonyl (C=O) groups excluding carboxylic acids is 1. The van der Waals surface area contributed by atoms with Crippen LogP contribution in [0.15, 0.2) is 6.07 Å². The lowest BCUT2D eigenvalue weighted by Gasteiger charge is -2.37. The van der Waals surface area contributed by atoms with Crippen molar-refractivity contribution in [1.29, 1.82) is 0 Å². The molecule has 2 aliphatic heterocycles. The number of amides is 1. The van der Waals surface area contributed by atoms with Crippen molar-refractivity contribution in [3.05, 3.63) is 17.5 Å². The van der Waals surface area contributed by atoms with Crippen LogP contribution in [0.3, 0.4) is 0 Å². The van der Waals surface area contributed by atoms with E-state index in [0.29, 0.717) is 12.5 Å². The number of likely N-dealkylation sites (tertiary alicyclic amines) is 1. The molecule has 1 amide bonds. The summed E-state index contributed by atoms with van der Waals surface area (Å²) in [5.41, 5.74) is 2.33. The van der Waals surface area contributed by atoms with Crippen molar-refractivity contribution in [1.82, 2.24) is 19.6 Å². The first-order valence-corrected chi connectivity index (χ1v) is 9.57. The van der Waals surface area contributed by atoms with Gasteiger partial charge in [-0.25, -0.2) is 0 Å². The van der Waals surface area contributed by atoms with Gasteiger partial charge in [-0.3, -0.25) is 14.4 Å². The maximum Gasteiger partial charge on any atom is 0.236 e. The highest BCUT2D eigenvalue weighted by atomic mass is 16.5. The lowest BCUT2D eigenvalue weighted by atomic mass is 9.96. The Labute approximate surface area is 151 Å². The van der Waals surface area contributed by atoms with Gasteiger partial charge in [-0.05, 0) is 65.6 Å². The van der Waals surface area contributed by atoms with Crippen molar-refractivity contribution in [2.24, 2.45) is 5.92 Å². The fourth-order valence-electron chi connectivity index (χ4n) is 4.10. The zero-order chi connectivity index (χ0) is 18.0. The molecule has 3 heterocycles. The molecule has 2 atom stereocenters. The summed E-state index contributed by atoms with van der Waals surface area (Å²) in [4.78, 5) is 16.9. The average molecular weight is 348 g/mol. The molecule has 1 aromatic heterocycles. The lowest BCUT2D eigenvalue weighted by molar-refractivity contribution is -0.144. The van der Waals surface area contributed by atoms with Gasteiger partial charge >= 0.3 is 0 Å². The molecular weight excluding hydrogens is 316 g/mol. The molecule has 2 aliphatic rings. The standard InChI is InChI=1S/C19H32N4O2/c1-14-9-15(2)23(20-14)12-18-5-7-21(8-6-18)13-19(24)22-10-16(3)25-17(4)11-22/h9,16-18H,5-8,10-13H2,1-4H3. The van der Waals surface area contributed by atoms with Crippen LogP contribution < -0.4 is 0 Å². The number of rotatable bonds is 4. The normalized spacial score (nSPS) is 26.2. The highest BCUT2D eigenvalue weighted by Crippen LogP contribution is 2.20. The van der Waals surface area contributed by atoms with Crippen LogP contribution in [0.25, 0.3) is 0 Å². The van der Waals surface area contributed by atoms with Gasteiger partial charge in [-0.2, -0.15) is 5.10 Å². The van der Waals surface area contributed by atoms with Crippen LogP contribution in [0, 0.1) is 19.8 Å². The Hall–Kier alpha value is -1.40. The van der Waals surface area contributed by atoms with Crippen LogP contribution >= 0.6 is 0 Å². The van der Waals surface area contributed by atoms with Crippen LogP contribution in [-0.2, 0) is 16.1 Å². The van der Waals surface area contributed by atoms with E-state index in [1.165, 1.54) is 5.69 Å². The summed E-state index contributed by atoms with van der Waals surface area (Å²) in [6, 6.07) is 2.14. The molecule has 1 aromatic rings. The number of piperidine rings is 1. The number of carbonyl (C=O) groups is 1. The first-order valence-electron chi connectivity index (χ1n) is 9.57. The van der Waals surface area contributed by atoms with E-state index in [1.54, 1.807) is 0 Å². The molecule has 0 radical (unpaired) electrons. The third-order valence-electron chi connectivity index (χ3n) is 5.37. The molecule has 6 nitrogen and oxygen atoms in total. The first-order chi connectivity index (χ1) is 11.9. The van der Waals surface area contributed by atoms with E-state index >= 15 is 0 Å². The Bertz CT molecular complexity index is 582. The highest BCUT2D eigenvalue weighted by molar-refractivity contribution is 5.78. The number of morpholine rings is 1. The fraction of sp³-hybridized carbons (Fsp3) is 0.789.